The van der Waals surface area contributed by atoms with Gasteiger partial charge in [0.1, 0.15) is 6.61 Å². The second-order valence-corrected chi connectivity index (χ2v) is 10.9. The fraction of sp³-hybridized carbons (Fsp3) is 0.448. The maximum absolute atomic E-state index is 13.2. The number of anilines is 1. The minimum absolute atomic E-state index is 0.0505. The maximum atomic E-state index is 13.2. The summed E-state index contributed by atoms with van der Waals surface area (Å²) in [6, 6.07) is 10.9. The number of aliphatic hydroxyl groups is 2. The number of benzene rings is 1. The summed E-state index contributed by atoms with van der Waals surface area (Å²) in [6.45, 7) is 7.25. The van der Waals surface area contributed by atoms with Gasteiger partial charge in [-0.1, -0.05) is 63.1 Å². The Morgan fingerprint density at radius 3 is 2.65 bits per heavy atom. The monoisotopic (exact) mass is 524 g/mol. The molecule has 0 fully saturated rings. The van der Waals surface area contributed by atoms with E-state index < -0.39 is 6.04 Å². The lowest BCUT2D eigenvalue weighted by Crippen LogP contribution is -2.42. The van der Waals surface area contributed by atoms with Gasteiger partial charge in [0.25, 0.3) is 0 Å². The lowest BCUT2D eigenvalue weighted by molar-refractivity contribution is -0.119. The molecule has 198 valence electrons. The van der Waals surface area contributed by atoms with E-state index in [1.807, 2.05) is 42.5 Å². The summed E-state index contributed by atoms with van der Waals surface area (Å²) < 4.78 is 5.46. The molecular formula is C29H36N2O5S. The van der Waals surface area contributed by atoms with Crippen molar-refractivity contribution in [2.24, 2.45) is 5.92 Å². The zero-order valence-electron chi connectivity index (χ0n) is 21.8. The Morgan fingerprint density at radius 1 is 1.22 bits per heavy atom. The van der Waals surface area contributed by atoms with Gasteiger partial charge >= 0.3 is 6.09 Å². The number of hydrogen-bond acceptors (Lipinski definition) is 6. The molecule has 1 aromatic heterocycles. The first-order valence-electron chi connectivity index (χ1n) is 13.0. The molecule has 0 bridgehead atoms. The van der Waals surface area contributed by atoms with Crippen LogP contribution in [0, 0.1) is 5.92 Å². The first-order chi connectivity index (χ1) is 17.8. The fourth-order valence-corrected chi connectivity index (χ4v) is 5.85. The number of carbonyl (C=O) groups is 2. The Morgan fingerprint density at radius 2 is 1.97 bits per heavy atom. The number of fused-ring (bicyclic) bond motifs is 1. The van der Waals surface area contributed by atoms with Gasteiger partial charge in [-0.2, -0.15) is 0 Å². The Kier molecular flexibility index (Phi) is 8.59. The van der Waals surface area contributed by atoms with E-state index >= 15 is 0 Å². The van der Waals surface area contributed by atoms with Gasteiger partial charge in [0, 0.05) is 24.4 Å². The highest BCUT2D eigenvalue weighted by molar-refractivity contribution is 7.14. The minimum atomic E-state index is -0.624. The zero-order valence-corrected chi connectivity index (χ0v) is 22.6. The van der Waals surface area contributed by atoms with Crippen LogP contribution in [-0.4, -0.2) is 46.2 Å². The molecule has 2 atom stereocenters. The van der Waals surface area contributed by atoms with Gasteiger partial charge in [-0.3, -0.25) is 4.79 Å². The van der Waals surface area contributed by atoms with Gasteiger partial charge in [-0.25, -0.2) is 4.79 Å². The number of nitrogens with zero attached hydrogens (tertiary/aromatic N) is 2. The minimum Gasteiger partial charge on any atom is -0.506 e. The molecule has 2 aliphatic rings. The largest absolute Gasteiger partial charge is 0.506 e. The third-order valence-electron chi connectivity index (χ3n) is 7.25. The highest BCUT2D eigenvalue weighted by Crippen LogP contribution is 2.45. The van der Waals surface area contributed by atoms with E-state index in [9.17, 15) is 19.8 Å². The molecule has 8 heteroatoms. The second-order valence-electron chi connectivity index (χ2n) is 9.87. The Bertz CT molecular complexity index is 1190. The van der Waals surface area contributed by atoms with Crippen LogP contribution in [0.4, 0.5) is 10.5 Å². The van der Waals surface area contributed by atoms with Crippen LogP contribution in [-0.2, 0) is 16.1 Å². The Balaban J connectivity index is 1.45. The van der Waals surface area contributed by atoms with Crippen LogP contribution in [0.25, 0.3) is 11.3 Å². The van der Waals surface area contributed by atoms with Crippen molar-refractivity contribution in [2.75, 3.05) is 18.0 Å². The predicted octanol–water partition coefficient (Wildman–Crippen LogP) is 6.91. The van der Waals surface area contributed by atoms with Gasteiger partial charge in [-0.05, 0) is 42.9 Å². The summed E-state index contributed by atoms with van der Waals surface area (Å²) in [4.78, 5) is 30.4. The molecule has 0 saturated carbocycles. The van der Waals surface area contributed by atoms with Crippen molar-refractivity contribution in [3.05, 3.63) is 63.6 Å². The Hall–Kier alpha value is -3.26. The molecule has 1 aromatic carbocycles. The van der Waals surface area contributed by atoms with Gasteiger partial charge in [0.15, 0.2) is 11.5 Å². The predicted molar refractivity (Wildman–Crippen MR) is 148 cm³/mol. The molecule has 0 spiro atoms. The SMILES string of the molecule is CCC(C)CCCC(=O)N1c2cc(C3=CCN(C(=O)OCc4ccccc4)CC3)sc2C(O)=C(O)C1C. The van der Waals surface area contributed by atoms with E-state index in [4.69, 9.17) is 4.74 Å². The van der Waals surface area contributed by atoms with Crippen LogP contribution in [0.1, 0.15) is 68.2 Å². The average molecular weight is 525 g/mol. The molecule has 3 heterocycles. The molecular weight excluding hydrogens is 488 g/mol. The van der Waals surface area contributed by atoms with Crippen molar-refractivity contribution in [1.29, 1.82) is 0 Å². The van der Waals surface area contributed by atoms with Crippen molar-refractivity contribution in [1.82, 2.24) is 4.90 Å². The number of thiophene rings is 1. The van der Waals surface area contributed by atoms with Crippen LogP contribution < -0.4 is 4.90 Å². The summed E-state index contributed by atoms with van der Waals surface area (Å²) in [6.07, 6.45) is 5.54. The number of aliphatic hydroxyl groups excluding tert-OH is 2. The van der Waals surface area contributed by atoms with Gasteiger partial charge < -0.3 is 24.7 Å². The fourth-order valence-electron chi connectivity index (χ4n) is 4.68. The molecule has 4 rings (SSSR count). The van der Waals surface area contributed by atoms with E-state index in [2.05, 4.69) is 13.8 Å². The first-order valence-corrected chi connectivity index (χ1v) is 13.8. The molecule has 0 aliphatic carbocycles. The van der Waals surface area contributed by atoms with E-state index in [0.717, 1.165) is 35.3 Å². The van der Waals surface area contributed by atoms with Crippen molar-refractivity contribution >= 4 is 40.4 Å². The summed E-state index contributed by atoms with van der Waals surface area (Å²) in [5, 5.41) is 21.3. The molecule has 37 heavy (non-hydrogen) atoms. The molecule has 2 aliphatic heterocycles. The smallest absolute Gasteiger partial charge is 0.410 e. The highest BCUT2D eigenvalue weighted by atomic mass is 32.1. The summed E-state index contributed by atoms with van der Waals surface area (Å²) in [5.74, 6) is 0.178. The summed E-state index contributed by atoms with van der Waals surface area (Å²) >= 11 is 1.36. The first kappa shape index (κ1) is 26.8. The van der Waals surface area contributed by atoms with Gasteiger partial charge in [-0.15, -0.1) is 11.3 Å². The van der Waals surface area contributed by atoms with Gasteiger partial charge in [0.05, 0.1) is 16.6 Å². The molecule has 0 saturated heterocycles. The Labute approximate surface area is 222 Å². The molecule has 2 N–H and O–H groups in total. The van der Waals surface area contributed by atoms with Crippen LogP contribution in [0.2, 0.25) is 0 Å². The van der Waals surface area contributed by atoms with Crippen molar-refractivity contribution in [2.45, 2.75) is 65.5 Å². The lowest BCUT2D eigenvalue weighted by atomic mass is 10.00. The van der Waals surface area contributed by atoms with Crippen molar-refractivity contribution in [3.8, 4) is 0 Å². The number of amides is 2. The topological polar surface area (TPSA) is 90.3 Å². The second kappa shape index (κ2) is 11.9. The number of ether oxygens (including phenoxy) is 1. The van der Waals surface area contributed by atoms with Crippen LogP contribution in [0.5, 0.6) is 0 Å². The molecule has 2 amide bonds. The van der Waals surface area contributed by atoms with Crippen molar-refractivity contribution in [3.63, 3.8) is 0 Å². The summed E-state index contributed by atoms with van der Waals surface area (Å²) in [7, 11) is 0. The highest BCUT2D eigenvalue weighted by Gasteiger charge is 2.36. The van der Waals surface area contributed by atoms with Gasteiger partial charge in [0.2, 0.25) is 5.91 Å². The third kappa shape index (κ3) is 6.01. The summed E-state index contributed by atoms with van der Waals surface area (Å²) in [5.41, 5.74) is 2.63. The number of rotatable bonds is 8. The van der Waals surface area contributed by atoms with E-state index in [1.165, 1.54) is 11.3 Å². The lowest BCUT2D eigenvalue weighted by Gasteiger charge is -2.32. The molecule has 2 unspecified atom stereocenters. The number of carbonyl (C=O) groups excluding carboxylic acids is 2. The normalized spacial score (nSPS) is 18.4. The van der Waals surface area contributed by atoms with E-state index in [1.54, 1.807) is 16.7 Å². The van der Waals surface area contributed by atoms with Crippen LogP contribution in [0.3, 0.4) is 0 Å². The number of hydrogen-bond donors (Lipinski definition) is 2. The molecule has 0 radical (unpaired) electrons. The maximum Gasteiger partial charge on any atom is 0.410 e. The van der Waals surface area contributed by atoms with E-state index in [0.29, 0.717) is 42.4 Å². The quantitative estimate of drug-likeness (QED) is 0.392. The van der Waals surface area contributed by atoms with Crippen molar-refractivity contribution < 1.29 is 24.5 Å². The zero-order chi connectivity index (χ0) is 26.5. The van der Waals surface area contributed by atoms with E-state index in [-0.39, 0.29) is 30.1 Å². The molecule has 2 aromatic rings. The third-order valence-corrected chi connectivity index (χ3v) is 8.46. The van der Waals surface area contributed by atoms with Crippen LogP contribution in [0.15, 0.2) is 48.2 Å². The average Bonchev–Trinajstić information content (AvgIpc) is 3.36. The molecule has 7 nitrogen and oxygen atoms in total. The van der Waals surface area contributed by atoms with Crippen LogP contribution >= 0.6 is 11.3 Å². The standard InChI is InChI=1S/C29H36N2O5S/c1-4-19(2)9-8-12-25(32)31-20(3)26(33)27(34)28-23(31)17-24(37-28)22-13-15-30(16-14-22)29(35)36-18-21-10-6-5-7-11-21/h5-7,10-11,13,17,19-20,33-34H,4,8-9,12,14-16,18H2,1-3H3.